The second-order valence-corrected chi connectivity index (χ2v) is 5.43. The molecule has 106 valence electrons. The summed E-state index contributed by atoms with van der Waals surface area (Å²) in [4.78, 5) is 10.9. The molecule has 0 heterocycles. The molecule has 1 aromatic rings. The predicted molar refractivity (Wildman–Crippen MR) is 68.5 cm³/mol. The van der Waals surface area contributed by atoms with Crippen molar-refractivity contribution in [3.05, 3.63) is 29.8 Å². The molecule has 0 bridgehead atoms. The van der Waals surface area contributed by atoms with Gasteiger partial charge in [0.2, 0.25) is 0 Å². The molecule has 0 aliphatic rings. The third-order valence-electron chi connectivity index (χ3n) is 2.20. The highest BCUT2D eigenvalue weighted by atomic mass is 32.2. The fourth-order valence-corrected chi connectivity index (χ4v) is 1.65. The summed E-state index contributed by atoms with van der Waals surface area (Å²) in [7, 11) is -2.11. The maximum atomic E-state index is 10.9. The minimum absolute atomic E-state index is 0.0984. The third-order valence-corrected chi connectivity index (χ3v) is 2.79. The van der Waals surface area contributed by atoms with Crippen LogP contribution in [0.1, 0.15) is 5.56 Å². The summed E-state index contributed by atoms with van der Waals surface area (Å²) in [5, 5.41) is 0. The lowest BCUT2D eigenvalue weighted by Crippen LogP contribution is -2.12. The first kappa shape index (κ1) is 15.5. The smallest absolute Gasteiger partial charge is 0.343 e. The molecule has 0 saturated heterocycles. The number of hydrogen-bond acceptors (Lipinski definition) is 6. The van der Waals surface area contributed by atoms with Gasteiger partial charge in [-0.3, -0.25) is 4.18 Å². The monoisotopic (exact) mass is 288 g/mol. The summed E-state index contributed by atoms with van der Waals surface area (Å²) >= 11 is 0. The van der Waals surface area contributed by atoms with Gasteiger partial charge in [-0.1, -0.05) is 12.1 Å². The number of carbonyl (C=O) groups excluding carboxylic acids is 1. The Bertz CT molecular complexity index is 506. The highest BCUT2D eigenvalue weighted by Gasteiger charge is 2.03. The predicted octanol–water partition coefficient (Wildman–Crippen LogP) is 0.757. The maximum absolute atomic E-state index is 10.9. The summed E-state index contributed by atoms with van der Waals surface area (Å²) in [6, 6.07) is 6.94. The van der Waals surface area contributed by atoms with E-state index >= 15 is 0 Å². The molecule has 0 radical (unpaired) electrons. The largest absolute Gasteiger partial charge is 0.482 e. The molecule has 0 unspecified atom stereocenters. The number of rotatable bonds is 7. The number of methoxy groups -OCH3 is 1. The number of hydrogen-bond donors (Lipinski definition) is 0. The van der Waals surface area contributed by atoms with E-state index < -0.39 is 16.1 Å². The van der Waals surface area contributed by atoms with E-state index in [9.17, 15) is 13.2 Å². The Balaban J connectivity index is 2.41. The molecule has 0 atom stereocenters. The van der Waals surface area contributed by atoms with Crippen LogP contribution in [-0.4, -0.2) is 41.0 Å². The molecule has 7 heteroatoms. The summed E-state index contributed by atoms with van der Waals surface area (Å²) in [5.74, 6) is 0.0869. The number of carbonyl (C=O) groups is 1. The van der Waals surface area contributed by atoms with Gasteiger partial charge in [-0.2, -0.15) is 8.42 Å². The zero-order chi connectivity index (χ0) is 14.3. The first-order valence-corrected chi connectivity index (χ1v) is 7.35. The first-order chi connectivity index (χ1) is 8.90. The first-order valence-electron chi connectivity index (χ1n) is 5.53. The molecule has 0 amide bonds. The number of ether oxygens (including phenoxy) is 2. The van der Waals surface area contributed by atoms with Crippen LogP contribution >= 0.6 is 0 Å². The Morgan fingerprint density at radius 3 is 2.37 bits per heavy atom. The molecule has 0 aromatic heterocycles. The van der Waals surface area contributed by atoms with Crippen LogP contribution in [0.2, 0.25) is 0 Å². The molecule has 0 aliphatic carbocycles. The van der Waals surface area contributed by atoms with E-state index in [-0.39, 0.29) is 13.2 Å². The van der Waals surface area contributed by atoms with Gasteiger partial charge >= 0.3 is 5.97 Å². The van der Waals surface area contributed by atoms with E-state index in [1.54, 1.807) is 24.3 Å². The lowest BCUT2D eigenvalue weighted by atomic mass is 10.1. The van der Waals surface area contributed by atoms with Crippen molar-refractivity contribution in [1.82, 2.24) is 0 Å². The fraction of sp³-hybridized carbons (Fsp3) is 0.417. The van der Waals surface area contributed by atoms with Crippen molar-refractivity contribution >= 4 is 16.1 Å². The van der Waals surface area contributed by atoms with E-state index in [4.69, 9.17) is 4.74 Å². The van der Waals surface area contributed by atoms with E-state index in [1.807, 2.05) is 0 Å². The van der Waals surface area contributed by atoms with Gasteiger partial charge in [0.15, 0.2) is 6.61 Å². The minimum Gasteiger partial charge on any atom is -0.482 e. The molecule has 1 rings (SSSR count). The van der Waals surface area contributed by atoms with Gasteiger partial charge < -0.3 is 9.47 Å². The zero-order valence-electron chi connectivity index (χ0n) is 10.8. The average Bonchev–Trinajstić information content (AvgIpc) is 2.36. The molecule has 0 N–H and O–H groups in total. The Morgan fingerprint density at radius 2 is 1.84 bits per heavy atom. The second-order valence-electron chi connectivity index (χ2n) is 3.78. The van der Waals surface area contributed by atoms with Gasteiger partial charge in [0.1, 0.15) is 5.75 Å². The van der Waals surface area contributed by atoms with Crippen molar-refractivity contribution in [2.24, 2.45) is 0 Å². The van der Waals surface area contributed by atoms with E-state index in [0.29, 0.717) is 12.2 Å². The highest BCUT2D eigenvalue weighted by molar-refractivity contribution is 7.85. The lowest BCUT2D eigenvalue weighted by Gasteiger charge is -2.06. The van der Waals surface area contributed by atoms with Crippen LogP contribution in [0.3, 0.4) is 0 Å². The Labute approximate surface area is 112 Å². The van der Waals surface area contributed by atoms with Crippen LogP contribution in [0.25, 0.3) is 0 Å². The number of benzene rings is 1. The maximum Gasteiger partial charge on any atom is 0.343 e. The quantitative estimate of drug-likeness (QED) is 0.544. The van der Waals surface area contributed by atoms with Gasteiger partial charge in [0.25, 0.3) is 10.1 Å². The van der Waals surface area contributed by atoms with Crippen molar-refractivity contribution in [3.63, 3.8) is 0 Å². The van der Waals surface area contributed by atoms with Gasteiger partial charge in [-0.25, -0.2) is 4.79 Å². The SMILES string of the molecule is COC(=O)COc1ccc(CCOS(C)(=O)=O)cc1. The molecule has 0 aliphatic heterocycles. The Hall–Kier alpha value is -1.60. The molecule has 0 spiro atoms. The molecule has 0 fully saturated rings. The molecular weight excluding hydrogens is 272 g/mol. The van der Waals surface area contributed by atoms with Crippen LogP contribution in [0.15, 0.2) is 24.3 Å². The van der Waals surface area contributed by atoms with E-state index in [0.717, 1.165) is 11.8 Å². The summed E-state index contributed by atoms with van der Waals surface area (Å²) in [6.07, 6.45) is 1.49. The average molecular weight is 288 g/mol. The highest BCUT2D eigenvalue weighted by Crippen LogP contribution is 2.12. The lowest BCUT2D eigenvalue weighted by molar-refractivity contribution is -0.142. The van der Waals surface area contributed by atoms with E-state index in [1.165, 1.54) is 7.11 Å². The fourth-order valence-electron chi connectivity index (χ4n) is 1.26. The van der Waals surface area contributed by atoms with Crippen LogP contribution in [0.4, 0.5) is 0 Å². The van der Waals surface area contributed by atoms with Gasteiger partial charge in [0.05, 0.1) is 20.0 Å². The summed E-state index contributed by atoms with van der Waals surface area (Å²) in [5.41, 5.74) is 0.911. The van der Waals surface area contributed by atoms with Crippen molar-refractivity contribution in [3.8, 4) is 5.75 Å². The van der Waals surface area contributed by atoms with Gasteiger partial charge in [0, 0.05) is 0 Å². The minimum atomic E-state index is -3.40. The Morgan fingerprint density at radius 1 is 1.21 bits per heavy atom. The van der Waals surface area contributed by atoms with Gasteiger partial charge in [-0.05, 0) is 24.1 Å². The van der Waals surface area contributed by atoms with Crippen LogP contribution in [-0.2, 0) is 30.3 Å². The number of esters is 1. The standard InChI is InChI=1S/C12H16O6S/c1-16-12(13)9-17-11-5-3-10(4-6-11)7-8-18-19(2,14)15/h3-6H,7-9H2,1-2H3. The molecule has 0 saturated carbocycles. The van der Waals surface area contributed by atoms with Crippen molar-refractivity contribution in [2.75, 3.05) is 26.6 Å². The zero-order valence-corrected chi connectivity index (χ0v) is 11.6. The van der Waals surface area contributed by atoms with Crippen LogP contribution in [0.5, 0.6) is 5.75 Å². The normalized spacial score (nSPS) is 11.1. The van der Waals surface area contributed by atoms with Crippen LogP contribution < -0.4 is 4.74 Å². The molecule has 1 aromatic carbocycles. The van der Waals surface area contributed by atoms with Crippen molar-refractivity contribution < 1.29 is 26.9 Å². The van der Waals surface area contributed by atoms with Crippen LogP contribution in [0, 0.1) is 0 Å². The van der Waals surface area contributed by atoms with E-state index in [2.05, 4.69) is 8.92 Å². The third kappa shape index (κ3) is 6.78. The van der Waals surface area contributed by atoms with Gasteiger partial charge in [-0.15, -0.1) is 0 Å². The summed E-state index contributed by atoms with van der Waals surface area (Å²) < 4.78 is 35.8. The van der Waals surface area contributed by atoms with Crippen molar-refractivity contribution in [2.45, 2.75) is 6.42 Å². The summed E-state index contributed by atoms with van der Waals surface area (Å²) in [6.45, 7) is -0.0474. The molecular formula is C12H16O6S. The molecule has 6 nitrogen and oxygen atoms in total. The molecule has 19 heavy (non-hydrogen) atoms. The van der Waals surface area contributed by atoms with Crippen molar-refractivity contribution in [1.29, 1.82) is 0 Å². The topological polar surface area (TPSA) is 78.9 Å². The Kier molecular flexibility index (Phi) is 5.78. The second kappa shape index (κ2) is 7.10.